The topological polar surface area (TPSA) is 48.1 Å². The molecule has 0 radical (unpaired) electrons. The van der Waals surface area contributed by atoms with Crippen LogP contribution in [0, 0.1) is 0 Å². The predicted molar refractivity (Wildman–Crippen MR) is 139 cm³/mol. The average Bonchev–Trinajstić information content (AvgIpc) is 2.84. The summed E-state index contributed by atoms with van der Waals surface area (Å²) in [5.74, 6) is 0. The van der Waals surface area contributed by atoms with Crippen LogP contribution in [0.4, 0.5) is 0 Å². The second kappa shape index (κ2) is 19.9. The van der Waals surface area contributed by atoms with Gasteiger partial charge in [0.15, 0.2) is 0 Å². The standard InChI is InChI=1S/C28H46N4/c1-3-13-27(14-4-1)17-9-21-31-25-11-23-29-19-7-8-20-30-24-12-26-32-22-10-18-28-15-5-2-6-16-28/h1-6,13-16,29-32H,7-12,17-26H2. The van der Waals surface area contributed by atoms with Crippen molar-refractivity contribution in [3.05, 3.63) is 71.8 Å². The zero-order chi connectivity index (χ0) is 22.4. The first kappa shape index (κ1) is 26.5. The largest absolute Gasteiger partial charge is 0.317 e. The Labute approximate surface area is 197 Å². The average molecular weight is 439 g/mol. The molecule has 0 spiro atoms. The molecule has 0 fully saturated rings. The zero-order valence-corrected chi connectivity index (χ0v) is 20.1. The Hall–Kier alpha value is -1.72. The summed E-state index contributed by atoms with van der Waals surface area (Å²) in [5.41, 5.74) is 2.88. The van der Waals surface area contributed by atoms with Crippen LogP contribution in [0.1, 0.15) is 49.7 Å². The molecule has 0 aliphatic heterocycles. The molecule has 0 amide bonds. The Bertz CT molecular complexity index is 575. The van der Waals surface area contributed by atoms with Crippen molar-refractivity contribution in [1.82, 2.24) is 21.3 Å². The number of rotatable bonds is 21. The molecule has 4 heteroatoms. The molecule has 4 nitrogen and oxygen atoms in total. The second-order valence-electron chi connectivity index (χ2n) is 8.59. The number of unbranched alkanes of at least 4 members (excludes halogenated alkanes) is 1. The molecule has 0 aromatic heterocycles. The van der Waals surface area contributed by atoms with Crippen molar-refractivity contribution in [2.75, 3.05) is 52.4 Å². The molecule has 0 bridgehead atoms. The normalized spacial score (nSPS) is 11.1. The SMILES string of the molecule is c1ccc(CCCNCCCNCCCCNCCCNCCCc2ccccc2)cc1. The summed E-state index contributed by atoms with van der Waals surface area (Å²) in [6, 6.07) is 21.5. The van der Waals surface area contributed by atoms with Gasteiger partial charge in [0.1, 0.15) is 0 Å². The highest BCUT2D eigenvalue weighted by Gasteiger charge is 1.95. The second-order valence-corrected chi connectivity index (χ2v) is 8.59. The van der Waals surface area contributed by atoms with E-state index in [0.29, 0.717) is 0 Å². The summed E-state index contributed by atoms with van der Waals surface area (Å²) in [5, 5.41) is 14.2. The van der Waals surface area contributed by atoms with Gasteiger partial charge in [-0.15, -0.1) is 0 Å². The van der Waals surface area contributed by atoms with Crippen molar-refractivity contribution in [3.8, 4) is 0 Å². The molecule has 4 N–H and O–H groups in total. The fourth-order valence-electron chi connectivity index (χ4n) is 3.80. The molecule has 0 saturated heterocycles. The third-order valence-corrected chi connectivity index (χ3v) is 5.69. The third kappa shape index (κ3) is 15.1. The van der Waals surface area contributed by atoms with E-state index in [1.54, 1.807) is 0 Å². The van der Waals surface area contributed by atoms with Gasteiger partial charge in [0.05, 0.1) is 0 Å². The highest BCUT2D eigenvalue weighted by atomic mass is 14.9. The van der Waals surface area contributed by atoms with Crippen LogP contribution in [-0.2, 0) is 12.8 Å². The van der Waals surface area contributed by atoms with Crippen molar-refractivity contribution in [2.24, 2.45) is 0 Å². The smallest absolute Gasteiger partial charge is 0.00368 e. The van der Waals surface area contributed by atoms with Gasteiger partial charge in [-0.05, 0) is 115 Å². The Balaban J connectivity index is 1.21. The molecule has 0 unspecified atom stereocenters. The van der Waals surface area contributed by atoms with Gasteiger partial charge in [-0.1, -0.05) is 60.7 Å². The third-order valence-electron chi connectivity index (χ3n) is 5.69. The van der Waals surface area contributed by atoms with Gasteiger partial charge < -0.3 is 21.3 Å². The van der Waals surface area contributed by atoms with Crippen molar-refractivity contribution in [2.45, 2.75) is 51.4 Å². The molecule has 2 aromatic carbocycles. The molecule has 2 rings (SSSR count). The number of hydrogen-bond donors (Lipinski definition) is 4. The first-order valence-electron chi connectivity index (χ1n) is 12.9. The first-order chi connectivity index (χ1) is 15.9. The van der Waals surface area contributed by atoms with Crippen LogP contribution in [0.25, 0.3) is 0 Å². The number of benzene rings is 2. The van der Waals surface area contributed by atoms with E-state index in [4.69, 9.17) is 0 Å². The van der Waals surface area contributed by atoms with E-state index in [9.17, 15) is 0 Å². The lowest BCUT2D eigenvalue weighted by Gasteiger charge is -2.08. The summed E-state index contributed by atoms with van der Waals surface area (Å²) in [6.07, 6.45) is 9.72. The number of nitrogens with one attached hydrogen (secondary N) is 4. The van der Waals surface area contributed by atoms with Gasteiger partial charge in [0.2, 0.25) is 0 Å². The first-order valence-corrected chi connectivity index (χ1v) is 12.9. The highest BCUT2D eigenvalue weighted by molar-refractivity contribution is 5.15. The molecule has 0 aliphatic carbocycles. The van der Waals surface area contributed by atoms with Crippen LogP contribution < -0.4 is 21.3 Å². The van der Waals surface area contributed by atoms with E-state index >= 15 is 0 Å². The fraction of sp³-hybridized carbons (Fsp3) is 0.571. The maximum absolute atomic E-state index is 3.57. The lowest BCUT2D eigenvalue weighted by Crippen LogP contribution is -2.25. The maximum Gasteiger partial charge on any atom is -0.00368 e. The summed E-state index contributed by atoms with van der Waals surface area (Å²) >= 11 is 0. The van der Waals surface area contributed by atoms with Gasteiger partial charge >= 0.3 is 0 Å². The Kier molecular flexibility index (Phi) is 16.5. The van der Waals surface area contributed by atoms with E-state index in [1.807, 2.05) is 0 Å². The van der Waals surface area contributed by atoms with E-state index < -0.39 is 0 Å². The van der Waals surface area contributed by atoms with Crippen molar-refractivity contribution in [3.63, 3.8) is 0 Å². The summed E-state index contributed by atoms with van der Waals surface area (Å²) < 4.78 is 0. The minimum absolute atomic E-state index is 1.11. The monoisotopic (exact) mass is 438 g/mol. The molecule has 0 heterocycles. The summed E-state index contributed by atoms with van der Waals surface area (Å²) in [4.78, 5) is 0. The Morgan fingerprint density at radius 3 is 1.03 bits per heavy atom. The zero-order valence-electron chi connectivity index (χ0n) is 20.1. The van der Waals surface area contributed by atoms with Crippen LogP contribution in [0.15, 0.2) is 60.7 Å². The number of aryl methyl sites for hydroxylation is 2. The van der Waals surface area contributed by atoms with Gasteiger partial charge in [-0.25, -0.2) is 0 Å². The highest BCUT2D eigenvalue weighted by Crippen LogP contribution is 2.02. The van der Waals surface area contributed by atoms with E-state index in [0.717, 1.165) is 52.4 Å². The van der Waals surface area contributed by atoms with E-state index in [-0.39, 0.29) is 0 Å². The lowest BCUT2D eigenvalue weighted by atomic mass is 10.1. The van der Waals surface area contributed by atoms with Gasteiger partial charge in [0.25, 0.3) is 0 Å². The maximum atomic E-state index is 3.57. The van der Waals surface area contributed by atoms with Crippen LogP contribution in [-0.4, -0.2) is 52.4 Å². The molecule has 0 atom stereocenters. The van der Waals surface area contributed by atoms with E-state index in [1.165, 1.54) is 62.5 Å². The molecular formula is C28H46N4. The van der Waals surface area contributed by atoms with Crippen molar-refractivity contribution in [1.29, 1.82) is 0 Å². The van der Waals surface area contributed by atoms with Crippen LogP contribution in [0.3, 0.4) is 0 Å². The van der Waals surface area contributed by atoms with Crippen molar-refractivity contribution < 1.29 is 0 Å². The van der Waals surface area contributed by atoms with Crippen LogP contribution in [0.5, 0.6) is 0 Å². The lowest BCUT2D eigenvalue weighted by molar-refractivity contribution is 0.544. The quantitative estimate of drug-likeness (QED) is 0.221. The molecule has 32 heavy (non-hydrogen) atoms. The van der Waals surface area contributed by atoms with Gasteiger partial charge in [-0.3, -0.25) is 0 Å². The minimum Gasteiger partial charge on any atom is -0.317 e. The molecule has 0 aliphatic rings. The Morgan fingerprint density at radius 2 is 0.656 bits per heavy atom. The number of hydrogen-bond acceptors (Lipinski definition) is 4. The summed E-state index contributed by atoms with van der Waals surface area (Å²) in [6.45, 7) is 8.97. The van der Waals surface area contributed by atoms with E-state index in [2.05, 4.69) is 81.9 Å². The van der Waals surface area contributed by atoms with Gasteiger partial charge in [-0.2, -0.15) is 0 Å². The van der Waals surface area contributed by atoms with Crippen molar-refractivity contribution >= 4 is 0 Å². The fourth-order valence-corrected chi connectivity index (χ4v) is 3.80. The van der Waals surface area contributed by atoms with Gasteiger partial charge in [0, 0.05) is 0 Å². The van der Waals surface area contributed by atoms with Crippen LogP contribution in [0.2, 0.25) is 0 Å². The molecule has 2 aromatic rings. The molecule has 178 valence electrons. The molecule has 0 saturated carbocycles. The predicted octanol–water partition coefficient (Wildman–Crippen LogP) is 4.17. The van der Waals surface area contributed by atoms with Crippen LogP contribution >= 0.6 is 0 Å². The summed E-state index contributed by atoms with van der Waals surface area (Å²) in [7, 11) is 0. The molecular weight excluding hydrogens is 392 g/mol. The Morgan fingerprint density at radius 1 is 0.344 bits per heavy atom. The minimum atomic E-state index is 1.11.